The van der Waals surface area contributed by atoms with Crippen LogP contribution >= 0.6 is 0 Å². The van der Waals surface area contributed by atoms with Gasteiger partial charge in [-0.05, 0) is 18.4 Å². The molecule has 7 nitrogen and oxygen atoms in total. The molecule has 1 aromatic carbocycles. The topological polar surface area (TPSA) is 50.3 Å². The third-order valence-corrected chi connectivity index (χ3v) is 6.62. The normalized spacial score (nSPS) is 21.9. The fourth-order valence-corrected chi connectivity index (χ4v) is 4.65. The van der Waals surface area contributed by atoms with Crippen molar-refractivity contribution in [2.24, 2.45) is 0 Å². The number of carbonyl (C=O) groups excluding carboxylic acids is 2. The number of rotatable bonds is 6. The lowest BCUT2D eigenvalue weighted by Crippen LogP contribution is -2.54. The molecule has 0 radical (unpaired) electrons. The molecule has 3 saturated heterocycles. The number of amides is 2. The Morgan fingerprint density at radius 1 is 0.600 bits per heavy atom. The zero-order valence-corrected chi connectivity index (χ0v) is 18.0. The molecule has 3 heterocycles. The first-order valence-corrected chi connectivity index (χ1v) is 11.4. The summed E-state index contributed by atoms with van der Waals surface area (Å²) in [5.41, 5.74) is 1.35. The van der Waals surface area contributed by atoms with Gasteiger partial charge in [0, 0.05) is 72.0 Å². The highest BCUT2D eigenvalue weighted by Gasteiger charge is 2.27. The van der Waals surface area contributed by atoms with E-state index in [1.165, 1.54) is 5.56 Å². The summed E-state index contributed by atoms with van der Waals surface area (Å²) < 4.78 is 0. The van der Waals surface area contributed by atoms with Crippen molar-refractivity contribution in [3.8, 4) is 0 Å². The van der Waals surface area contributed by atoms with E-state index in [2.05, 4.69) is 45.0 Å². The van der Waals surface area contributed by atoms with Crippen LogP contribution in [0.5, 0.6) is 0 Å². The molecule has 0 aliphatic carbocycles. The summed E-state index contributed by atoms with van der Waals surface area (Å²) in [6, 6.07) is 10.6. The lowest BCUT2D eigenvalue weighted by Gasteiger charge is -2.38. The van der Waals surface area contributed by atoms with Gasteiger partial charge in [-0.15, -0.1) is 0 Å². The summed E-state index contributed by atoms with van der Waals surface area (Å²) >= 11 is 0. The molecular formula is C23H35N5O2. The molecule has 1 aromatic rings. The maximum absolute atomic E-state index is 12.8. The van der Waals surface area contributed by atoms with Crippen LogP contribution in [0.3, 0.4) is 0 Å². The number of hydrogen-bond donors (Lipinski definition) is 0. The van der Waals surface area contributed by atoms with Gasteiger partial charge in [-0.3, -0.25) is 24.3 Å². The molecule has 30 heavy (non-hydrogen) atoms. The predicted octanol–water partition coefficient (Wildman–Crippen LogP) is 0.571. The summed E-state index contributed by atoms with van der Waals surface area (Å²) in [4.78, 5) is 36.0. The molecule has 0 spiro atoms. The van der Waals surface area contributed by atoms with Gasteiger partial charge in [-0.1, -0.05) is 30.3 Å². The van der Waals surface area contributed by atoms with Crippen LogP contribution in [0.25, 0.3) is 0 Å². The van der Waals surface area contributed by atoms with Crippen LogP contribution in [0, 0.1) is 0 Å². The highest BCUT2D eigenvalue weighted by molar-refractivity contribution is 5.79. The second-order valence-corrected chi connectivity index (χ2v) is 8.78. The molecule has 4 rings (SSSR count). The van der Waals surface area contributed by atoms with Crippen LogP contribution < -0.4 is 0 Å². The molecule has 164 valence electrons. The van der Waals surface area contributed by atoms with Crippen molar-refractivity contribution >= 4 is 11.8 Å². The Kier molecular flexibility index (Phi) is 7.36. The van der Waals surface area contributed by atoms with E-state index in [1.807, 2.05) is 9.80 Å². The lowest BCUT2D eigenvalue weighted by atomic mass is 10.2. The maximum Gasteiger partial charge on any atom is 0.236 e. The first-order chi connectivity index (χ1) is 14.7. The molecule has 7 heteroatoms. The number of likely N-dealkylation sites (tertiary alicyclic amines) is 1. The van der Waals surface area contributed by atoms with Gasteiger partial charge in [0.1, 0.15) is 0 Å². The van der Waals surface area contributed by atoms with Gasteiger partial charge in [-0.2, -0.15) is 0 Å². The third kappa shape index (κ3) is 5.80. The Hall–Kier alpha value is -1.96. The highest BCUT2D eigenvalue weighted by Crippen LogP contribution is 2.11. The van der Waals surface area contributed by atoms with E-state index in [4.69, 9.17) is 0 Å². The Morgan fingerprint density at radius 3 is 1.63 bits per heavy atom. The van der Waals surface area contributed by atoms with E-state index in [9.17, 15) is 9.59 Å². The van der Waals surface area contributed by atoms with Crippen molar-refractivity contribution in [2.75, 3.05) is 78.5 Å². The molecule has 0 N–H and O–H groups in total. The zero-order valence-electron chi connectivity index (χ0n) is 18.0. The van der Waals surface area contributed by atoms with Gasteiger partial charge in [-0.25, -0.2) is 0 Å². The van der Waals surface area contributed by atoms with E-state index < -0.39 is 0 Å². The highest BCUT2D eigenvalue weighted by atomic mass is 16.2. The molecule has 3 aliphatic rings. The Bertz CT molecular complexity index is 691. The summed E-state index contributed by atoms with van der Waals surface area (Å²) in [5, 5.41) is 0. The number of carbonyl (C=O) groups is 2. The van der Waals surface area contributed by atoms with Gasteiger partial charge in [0.2, 0.25) is 11.8 Å². The van der Waals surface area contributed by atoms with Crippen LogP contribution in [-0.2, 0) is 16.1 Å². The van der Waals surface area contributed by atoms with Gasteiger partial charge in [0.05, 0.1) is 13.1 Å². The number of nitrogens with zero attached hydrogens (tertiary/aromatic N) is 5. The minimum absolute atomic E-state index is 0.233. The Labute approximate surface area is 180 Å². The second kappa shape index (κ2) is 10.4. The van der Waals surface area contributed by atoms with Crippen LogP contribution in [0.4, 0.5) is 0 Å². The quantitative estimate of drug-likeness (QED) is 0.683. The predicted molar refractivity (Wildman–Crippen MR) is 117 cm³/mol. The monoisotopic (exact) mass is 413 g/mol. The first kappa shape index (κ1) is 21.3. The molecule has 3 aliphatic heterocycles. The second-order valence-electron chi connectivity index (χ2n) is 8.78. The summed E-state index contributed by atoms with van der Waals surface area (Å²) in [6.45, 7) is 10.8. The van der Waals surface area contributed by atoms with Crippen LogP contribution in [0.1, 0.15) is 18.4 Å². The number of benzene rings is 1. The average molecular weight is 414 g/mol. The average Bonchev–Trinajstić information content (AvgIpc) is 3.32. The summed E-state index contributed by atoms with van der Waals surface area (Å²) in [7, 11) is 0. The van der Waals surface area contributed by atoms with Crippen molar-refractivity contribution < 1.29 is 9.59 Å². The minimum Gasteiger partial charge on any atom is -0.342 e. The van der Waals surface area contributed by atoms with Gasteiger partial charge < -0.3 is 9.80 Å². The molecule has 0 saturated carbocycles. The lowest BCUT2D eigenvalue weighted by molar-refractivity contribution is -0.135. The first-order valence-electron chi connectivity index (χ1n) is 11.4. The Balaban J connectivity index is 1.14. The van der Waals surface area contributed by atoms with Gasteiger partial charge in [0.15, 0.2) is 0 Å². The van der Waals surface area contributed by atoms with E-state index in [1.54, 1.807) is 0 Å². The third-order valence-electron chi connectivity index (χ3n) is 6.62. The van der Waals surface area contributed by atoms with Crippen molar-refractivity contribution in [3.05, 3.63) is 35.9 Å². The molecule has 0 unspecified atom stereocenters. The van der Waals surface area contributed by atoms with Crippen molar-refractivity contribution in [2.45, 2.75) is 19.4 Å². The van der Waals surface area contributed by atoms with Crippen molar-refractivity contribution in [1.82, 2.24) is 24.5 Å². The molecule has 2 amide bonds. The van der Waals surface area contributed by atoms with E-state index in [0.29, 0.717) is 13.1 Å². The molecule has 0 bridgehead atoms. The van der Waals surface area contributed by atoms with E-state index in [0.717, 1.165) is 84.8 Å². The fraction of sp³-hybridized carbons (Fsp3) is 0.652. The fourth-order valence-electron chi connectivity index (χ4n) is 4.65. The standard InChI is InChI=1S/C23H35N5O2/c29-22(27-8-4-5-9-27)19-26-14-16-28(17-15-26)23(30)20-25-12-10-24(11-13-25)18-21-6-2-1-3-7-21/h1-3,6-7H,4-5,8-20H2. The summed E-state index contributed by atoms with van der Waals surface area (Å²) in [6.07, 6.45) is 2.27. The van der Waals surface area contributed by atoms with Crippen molar-refractivity contribution in [3.63, 3.8) is 0 Å². The van der Waals surface area contributed by atoms with Crippen molar-refractivity contribution in [1.29, 1.82) is 0 Å². The molecular weight excluding hydrogens is 378 g/mol. The van der Waals surface area contributed by atoms with Crippen LogP contribution in [-0.4, -0.2) is 115 Å². The van der Waals surface area contributed by atoms with E-state index >= 15 is 0 Å². The number of piperazine rings is 2. The number of hydrogen-bond acceptors (Lipinski definition) is 5. The summed E-state index contributed by atoms with van der Waals surface area (Å²) in [5.74, 6) is 0.484. The van der Waals surface area contributed by atoms with Gasteiger partial charge in [0.25, 0.3) is 0 Å². The molecule has 0 atom stereocenters. The van der Waals surface area contributed by atoms with Crippen LogP contribution in [0.2, 0.25) is 0 Å². The van der Waals surface area contributed by atoms with Crippen LogP contribution in [0.15, 0.2) is 30.3 Å². The SMILES string of the molecule is O=C(CN1CCN(C(=O)CN2CCN(Cc3ccccc3)CC2)CC1)N1CCCC1. The maximum atomic E-state index is 12.8. The largest absolute Gasteiger partial charge is 0.342 e. The van der Waals surface area contributed by atoms with Gasteiger partial charge >= 0.3 is 0 Å². The molecule has 0 aromatic heterocycles. The minimum atomic E-state index is 0.233. The molecule has 3 fully saturated rings. The Morgan fingerprint density at radius 2 is 1.07 bits per heavy atom. The smallest absolute Gasteiger partial charge is 0.236 e. The zero-order chi connectivity index (χ0) is 20.8. The van der Waals surface area contributed by atoms with E-state index in [-0.39, 0.29) is 11.8 Å².